The van der Waals surface area contributed by atoms with Crippen LogP contribution in [-0.2, 0) is 6.54 Å². The smallest absolute Gasteiger partial charge is 0.123 e. The Labute approximate surface area is 109 Å². The van der Waals surface area contributed by atoms with Crippen LogP contribution in [0.3, 0.4) is 0 Å². The Kier molecular flexibility index (Phi) is 3.43. The Morgan fingerprint density at radius 1 is 1.29 bits per heavy atom. The third-order valence-electron chi connectivity index (χ3n) is 2.59. The topological polar surface area (TPSA) is 42.4 Å². The summed E-state index contributed by atoms with van der Waals surface area (Å²) in [4.78, 5) is 2.07. The number of nitrogen functional groups attached to an aromatic ring is 1. The highest BCUT2D eigenvalue weighted by Gasteiger charge is 2.08. The molecule has 2 rings (SSSR count). The molecule has 1 heterocycles. The maximum atomic E-state index is 5.98. The summed E-state index contributed by atoms with van der Waals surface area (Å²) >= 11 is 3.40. The van der Waals surface area contributed by atoms with Gasteiger partial charge in [0.25, 0.3) is 0 Å². The molecule has 0 saturated carbocycles. The highest BCUT2D eigenvalue weighted by molar-refractivity contribution is 9.10. The van der Waals surface area contributed by atoms with E-state index in [4.69, 9.17) is 10.2 Å². The lowest BCUT2D eigenvalue weighted by Crippen LogP contribution is -2.17. The van der Waals surface area contributed by atoms with E-state index in [1.54, 1.807) is 0 Å². The number of nitrogens with zero attached hydrogens (tertiary/aromatic N) is 1. The van der Waals surface area contributed by atoms with Crippen LogP contribution in [0.2, 0.25) is 0 Å². The Morgan fingerprint density at radius 3 is 2.65 bits per heavy atom. The van der Waals surface area contributed by atoms with Crippen molar-refractivity contribution in [3.05, 3.63) is 46.3 Å². The van der Waals surface area contributed by atoms with Crippen LogP contribution in [0.1, 0.15) is 11.5 Å². The fourth-order valence-corrected chi connectivity index (χ4v) is 2.14. The van der Waals surface area contributed by atoms with E-state index in [1.807, 2.05) is 44.3 Å². The van der Waals surface area contributed by atoms with Crippen LogP contribution in [0, 0.1) is 6.92 Å². The molecule has 0 spiro atoms. The van der Waals surface area contributed by atoms with Gasteiger partial charge in [0.2, 0.25) is 0 Å². The number of hydrogen-bond acceptors (Lipinski definition) is 3. The summed E-state index contributed by atoms with van der Waals surface area (Å²) in [7, 11) is 2.00. The van der Waals surface area contributed by atoms with E-state index >= 15 is 0 Å². The normalized spacial score (nSPS) is 10.5. The molecule has 0 fully saturated rings. The lowest BCUT2D eigenvalue weighted by Gasteiger charge is -2.20. The number of nitrogens with two attached hydrogens (primary N) is 1. The molecule has 2 N–H and O–H groups in total. The molecule has 2 aromatic rings. The first kappa shape index (κ1) is 12.0. The summed E-state index contributed by atoms with van der Waals surface area (Å²) in [5.74, 6) is 1.87. The quantitative estimate of drug-likeness (QED) is 0.880. The molecule has 90 valence electrons. The summed E-state index contributed by atoms with van der Waals surface area (Å²) < 4.78 is 6.53. The molecule has 0 unspecified atom stereocenters. The van der Waals surface area contributed by atoms with Crippen molar-refractivity contribution in [1.82, 2.24) is 0 Å². The van der Waals surface area contributed by atoms with Gasteiger partial charge in [0.15, 0.2) is 0 Å². The number of benzene rings is 1. The van der Waals surface area contributed by atoms with Gasteiger partial charge in [-0.25, -0.2) is 0 Å². The summed E-state index contributed by atoms with van der Waals surface area (Å²) in [6.45, 7) is 2.65. The molecule has 3 nitrogen and oxygen atoms in total. The number of aryl methyl sites for hydroxylation is 1. The first-order valence-electron chi connectivity index (χ1n) is 5.38. The number of rotatable bonds is 3. The van der Waals surface area contributed by atoms with Crippen molar-refractivity contribution in [1.29, 1.82) is 0 Å². The van der Waals surface area contributed by atoms with E-state index in [2.05, 4.69) is 20.8 Å². The predicted octanol–water partition coefficient (Wildman–Crippen LogP) is 3.57. The van der Waals surface area contributed by atoms with Crippen LogP contribution >= 0.6 is 15.9 Å². The Morgan fingerprint density at radius 2 is 2.06 bits per heavy atom. The van der Waals surface area contributed by atoms with E-state index in [0.29, 0.717) is 6.54 Å². The summed E-state index contributed by atoms with van der Waals surface area (Å²) in [6, 6.07) is 9.83. The molecule has 0 radical (unpaired) electrons. The average Bonchev–Trinajstić information content (AvgIpc) is 2.63. The molecule has 0 aliphatic heterocycles. The minimum Gasteiger partial charge on any atom is -0.464 e. The second-order valence-corrected chi connectivity index (χ2v) is 4.99. The molecule has 0 saturated heterocycles. The van der Waals surface area contributed by atoms with Gasteiger partial charge in [-0.15, -0.1) is 0 Å². The average molecular weight is 295 g/mol. The van der Waals surface area contributed by atoms with Gasteiger partial charge >= 0.3 is 0 Å². The van der Waals surface area contributed by atoms with E-state index in [-0.39, 0.29) is 0 Å². The van der Waals surface area contributed by atoms with E-state index < -0.39 is 0 Å². The molecule has 0 atom stereocenters. The van der Waals surface area contributed by atoms with Crippen LogP contribution in [0.5, 0.6) is 0 Å². The van der Waals surface area contributed by atoms with Crippen molar-refractivity contribution >= 4 is 27.3 Å². The van der Waals surface area contributed by atoms with Crippen LogP contribution in [0.15, 0.2) is 39.2 Å². The van der Waals surface area contributed by atoms with Crippen molar-refractivity contribution in [2.24, 2.45) is 0 Å². The van der Waals surface area contributed by atoms with Crippen molar-refractivity contribution in [3.63, 3.8) is 0 Å². The molecule has 4 heteroatoms. The largest absolute Gasteiger partial charge is 0.464 e. The maximum Gasteiger partial charge on any atom is 0.123 e. The lowest BCUT2D eigenvalue weighted by atomic mass is 10.2. The summed E-state index contributed by atoms with van der Waals surface area (Å²) in [5, 5.41) is 0. The van der Waals surface area contributed by atoms with Gasteiger partial charge in [0, 0.05) is 11.5 Å². The van der Waals surface area contributed by atoms with Crippen LogP contribution < -0.4 is 10.6 Å². The molecule has 0 bridgehead atoms. The Hall–Kier alpha value is -1.42. The molecule has 1 aromatic heterocycles. The van der Waals surface area contributed by atoms with Gasteiger partial charge in [-0.3, -0.25) is 0 Å². The minimum atomic E-state index is 0.708. The molecular formula is C13H15BrN2O. The molecule has 0 amide bonds. The zero-order valence-corrected chi connectivity index (χ0v) is 11.5. The van der Waals surface area contributed by atoms with Gasteiger partial charge in [-0.05, 0) is 37.3 Å². The number of hydrogen-bond donors (Lipinski definition) is 1. The highest BCUT2D eigenvalue weighted by Crippen LogP contribution is 2.27. The van der Waals surface area contributed by atoms with Gasteiger partial charge in [0.05, 0.1) is 17.9 Å². The number of anilines is 2. The predicted molar refractivity (Wildman–Crippen MR) is 74.1 cm³/mol. The molecule has 0 aliphatic carbocycles. The van der Waals surface area contributed by atoms with Gasteiger partial charge in [-0.2, -0.15) is 0 Å². The number of halogens is 1. The molecule has 0 aliphatic rings. The monoisotopic (exact) mass is 294 g/mol. The van der Waals surface area contributed by atoms with Gasteiger partial charge in [0.1, 0.15) is 11.5 Å². The van der Waals surface area contributed by atoms with Crippen molar-refractivity contribution in [3.8, 4) is 0 Å². The third kappa shape index (κ3) is 2.82. The fourth-order valence-electron chi connectivity index (χ4n) is 1.76. The maximum absolute atomic E-state index is 5.98. The Balaban J connectivity index is 2.17. The third-order valence-corrected chi connectivity index (χ3v) is 3.08. The van der Waals surface area contributed by atoms with Crippen LogP contribution in [0.25, 0.3) is 0 Å². The van der Waals surface area contributed by atoms with Crippen molar-refractivity contribution in [2.45, 2.75) is 13.5 Å². The van der Waals surface area contributed by atoms with Gasteiger partial charge in [-0.1, -0.05) is 15.9 Å². The molecule has 1 aromatic carbocycles. The number of furan rings is 1. The fraction of sp³-hybridized carbons (Fsp3) is 0.231. The zero-order valence-electron chi connectivity index (χ0n) is 9.90. The lowest BCUT2D eigenvalue weighted by molar-refractivity contribution is 0.482. The summed E-state index contributed by atoms with van der Waals surface area (Å²) in [6.07, 6.45) is 0. The second-order valence-electron chi connectivity index (χ2n) is 4.07. The van der Waals surface area contributed by atoms with E-state index in [9.17, 15) is 0 Å². The van der Waals surface area contributed by atoms with Crippen molar-refractivity contribution in [2.75, 3.05) is 17.7 Å². The van der Waals surface area contributed by atoms with E-state index in [0.717, 1.165) is 27.4 Å². The van der Waals surface area contributed by atoms with Crippen LogP contribution in [-0.4, -0.2) is 7.05 Å². The standard InChI is InChI=1S/C13H15BrN2O/c1-9-3-5-11(17-9)8-16(2)13-6-4-10(14)7-12(13)15/h3-7H,8,15H2,1-2H3. The SMILES string of the molecule is Cc1ccc(CN(C)c2ccc(Br)cc2N)o1. The van der Waals surface area contributed by atoms with E-state index in [1.165, 1.54) is 0 Å². The van der Waals surface area contributed by atoms with Crippen LogP contribution in [0.4, 0.5) is 11.4 Å². The molecule has 17 heavy (non-hydrogen) atoms. The minimum absolute atomic E-state index is 0.708. The second kappa shape index (κ2) is 4.84. The zero-order chi connectivity index (χ0) is 12.4. The first-order valence-corrected chi connectivity index (χ1v) is 6.17. The highest BCUT2D eigenvalue weighted by atomic mass is 79.9. The Bertz CT molecular complexity index is 522. The van der Waals surface area contributed by atoms with Gasteiger partial charge < -0.3 is 15.1 Å². The first-order chi connectivity index (χ1) is 8.06. The molecular weight excluding hydrogens is 280 g/mol. The summed E-state index contributed by atoms with van der Waals surface area (Å²) in [5.41, 5.74) is 7.74. The van der Waals surface area contributed by atoms with Crippen molar-refractivity contribution < 1.29 is 4.42 Å².